The normalized spacial score (nSPS) is 14.2. The van der Waals surface area contributed by atoms with Gasteiger partial charge in [0.25, 0.3) is 0 Å². The Morgan fingerprint density at radius 1 is 1.00 bits per heavy atom. The minimum atomic E-state index is 0.595. The number of hydrogen-bond donors (Lipinski definition) is 0. The molecule has 0 heterocycles. The van der Waals surface area contributed by atoms with Crippen LogP contribution in [0.15, 0.2) is 48.5 Å². The van der Waals surface area contributed by atoms with E-state index in [0.29, 0.717) is 12.5 Å². The first-order valence-electron chi connectivity index (χ1n) is 6.71. The quantitative estimate of drug-likeness (QED) is 0.798. The Bertz CT molecular complexity index is 544. The summed E-state index contributed by atoms with van der Waals surface area (Å²) in [6.07, 6.45) is 2.57. The summed E-state index contributed by atoms with van der Waals surface area (Å²) < 4.78 is 11.2. The molecule has 2 nitrogen and oxygen atoms in total. The first kappa shape index (κ1) is 12.1. The number of rotatable bonds is 5. The van der Waals surface area contributed by atoms with Crippen LogP contribution in [0, 0.1) is 0 Å². The van der Waals surface area contributed by atoms with Gasteiger partial charge in [-0.05, 0) is 42.0 Å². The summed E-state index contributed by atoms with van der Waals surface area (Å²) in [5.41, 5.74) is 2.51. The molecule has 0 bridgehead atoms. The standard InChI is InChI=1S/C17H18O2/c1-18-16-9-15(14-7-8-14)10-17(11-16)19-12-13-5-3-2-4-6-13/h2-6,9-11,14H,7-8,12H2,1H3. The van der Waals surface area contributed by atoms with Crippen molar-refractivity contribution in [3.63, 3.8) is 0 Å². The molecule has 2 aromatic carbocycles. The van der Waals surface area contributed by atoms with Gasteiger partial charge >= 0.3 is 0 Å². The third-order valence-corrected chi connectivity index (χ3v) is 3.44. The van der Waals surface area contributed by atoms with Crippen LogP contribution in [-0.2, 0) is 6.61 Å². The fourth-order valence-corrected chi connectivity index (χ4v) is 2.19. The van der Waals surface area contributed by atoms with Gasteiger partial charge in [-0.2, -0.15) is 0 Å². The van der Waals surface area contributed by atoms with Crippen LogP contribution in [0.1, 0.15) is 29.9 Å². The first-order valence-corrected chi connectivity index (χ1v) is 6.71. The molecule has 0 aromatic heterocycles. The lowest BCUT2D eigenvalue weighted by molar-refractivity contribution is 0.303. The minimum absolute atomic E-state index is 0.595. The average Bonchev–Trinajstić information content (AvgIpc) is 3.30. The molecule has 0 N–H and O–H groups in total. The van der Waals surface area contributed by atoms with Gasteiger partial charge in [-0.1, -0.05) is 30.3 Å². The highest BCUT2D eigenvalue weighted by Crippen LogP contribution is 2.42. The van der Waals surface area contributed by atoms with Crippen molar-refractivity contribution in [1.82, 2.24) is 0 Å². The van der Waals surface area contributed by atoms with E-state index in [0.717, 1.165) is 11.5 Å². The van der Waals surface area contributed by atoms with Gasteiger partial charge in [0.1, 0.15) is 18.1 Å². The number of hydrogen-bond acceptors (Lipinski definition) is 2. The van der Waals surface area contributed by atoms with Crippen LogP contribution in [0.3, 0.4) is 0 Å². The van der Waals surface area contributed by atoms with Crippen LogP contribution in [-0.4, -0.2) is 7.11 Å². The van der Waals surface area contributed by atoms with Crippen molar-refractivity contribution in [3.8, 4) is 11.5 Å². The Morgan fingerprint density at radius 2 is 1.74 bits per heavy atom. The van der Waals surface area contributed by atoms with Gasteiger partial charge < -0.3 is 9.47 Å². The maximum absolute atomic E-state index is 5.87. The fraction of sp³-hybridized carbons (Fsp3) is 0.294. The fourth-order valence-electron chi connectivity index (χ4n) is 2.19. The van der Waals surface area contributed by atoms with E-state index in [4.69, 9.17) is 9.47 Å². The van der Waals surface area contributed by atoms with Crippen molar-refractivity contribution in [1.29, 1.82) is 0 Å². The second-order valence-electron chi connectivity index (χ2n) is 4.99. The number of ether oxygens (including phenoxy) is 2. The second-order valence-corrected chi connectivity index (χ2v) is 4.99. The summed E-state index contributed by atoms with van der Waals surface area (Å²) >= 11 is 0. The molecule has 1 saturated carbocycles. The Kier molecular flexibility index (Phi) is 3.41. The predicted octanol–water partition coefficient (Wildman–Crippen LogP) is 4.15. The van der Waals surface area contributed by atoms with E-state index in [2.05, 4.69) is 24.3 Å². The molecular weight excluding hydrogens is 236 g/mol. The highest BCUT2D eigenvalue weighted by Gasteiger charge is 2.24. The van der Waals surface area contributed by atoms with Crippen molar-refractivity contribution < 1.29 is 9.47 Å². The lowest BCUT2D eigenvalue weighted by atomic mass is 10.1. The first-order chi connectivity index (χ1) is 9.35. The van der Waals surface area contributed by atoms with Gasteiger partial charge in [-0.15, -0.1) is 0 Å². The van der Waals surface area contributed by atoms with Crippen LogP contribution in [0.25, 0.3) is 0 Å². The Labute approximate surface area is 114 Å². The zero-order valence-corrected chi connectivity index (χ0v) is 11.1. The molecule has 98 valence electrons. The van der Waals surface area contributed by atoms with Gasteiger partial charge in [0.15, 0.2) is 0 Å². The van der Waals surface area contributed by atoms with E-state index in [1.165, 1.54) is 24.0 Å². The molecule has 0 unspecified atom stereocenters. The summed E-state index contributed by atoms with van der Waals surface area (Å²) in [5.74, 6) is 2.48. The van der Waals surface area contributed by atoms with Crippen LogP contribution in [0.5, 0.6) is 11.5 Å². The van der Waals surface area contributed by atoms with Crippen LogP contribution >= 0.6 is 0 Å². The van der Waals surface area contributed by atoms with Crippen molar-refractivity contribution in [2.45, 2.75) is 25.4 Å². The van der Waals surface area contributed by atoms with E-state index in [9.17, 15) is 0 Å². The summed E-state index contributed by atoms with van der Waals surface area (Å²) in [7, 11) is 1.70. The van der Waals surface area contributed by atoms with Crippen molar-refractivity contribution in [3.05, 3.63) is 59.7 Å². The Morgan fingerprint density at radius 3 is 2.42 bits per heavy atom. The van der Waals surface area contributed by atoms with Gasteiger partial charge in [0, 0.05) is 6.07 Å². The Hall–Kier alpha value is -1.96. The summed E-state index contributed by atoms with van der Waals surface area (Å²) in [4.78, 5) is 0. The van der Waals surface area contributed by atoms with Gasteiger partial charge in [-0.3, -0.25) is 0 Å². The number of methoxy groups -OCH3 is 1. The molecular formula is C17H18O2. The molecule has 3 rings (SSSR count). The van der Waals surface area contributed by atoms with Crippen molar-refractivity contribution in [2.75, 3.05) is 7.11 Å². The third-order valence-electron chi connectivity index (χ3n) is 3.44. The van der Waals surface area contributed by atoms with Crippen molar-refractivity contribution in [2.24, 2.45) is 0 Å². The SMILES string of the molecule is COc1cc(OCc2ccccc2)cc(C2CC2)c1. The molecule has 0 saturated heterocycles. The summed E-state index contributed by atoms with van der Waals surface area (Å²) in [6.45, 7) is 0.595. The topological polar surface area (TPSA) is 18.5 Å². The molecule has 0 spiro atoms. The largest absolute Gasteiger partial charge is 0.497 e. The highest BCUT2D eigenvalue weighted by atomic mass is 16.5. The van der Waals surface area contributed by atoms with Gasteiger partial charge in [0.2, 0.25) is 0 Å². The molecule has 2 aromatic rings. The summed E-state index contributed by atoms with van der Waals surface area (Å²) in [6, 6.07) is 16.4. The van der Waals surface area contributed by atoms with Crippen LogP contribution < -0.4 is 9.47 Å². The van der Waals surface area contributed by atoms with Crippen LogP contribution in [0.4, 0.5) is 0 Å². The molecule has 1 aliphatic carbocycles. The molecule has 2 heteroatoms. The predicted molar refractivity (Wildman–Crippen MR) is 75.7 cm³/mol. The second kappa shape index (κ2) is 5.35. The molecule has 0 radical (unpaired) electrons. The van der Waals surface area contributed by atoms with Crippen molar-refractivity contribution >= 4 is 0 Å². The maximum Gasteiger partial charge on any atom is 0.123 e. The van der Waals surface area contributed by atoms with Gasteiger partial charge in [0.05, 0.1) is 7.11 Å². The molecule has 0 atom stereocenters. The molecule has 19 heavy (non-hydrogen) atoms. The van der Waals surface area contributed by atoms with Gasteiger partial charge in [-0.25, -0.2) is 0 Å². The molecule has 0 amide bonds. The van der Waals surface area contributed by atoms with Crippen LogP contribution in [0.2, 0.25) is 0 Å². The van der Waals surface area contributed by atoms with E-state index in [1.807, 2.05) is 24.3 Å². The zero-order valence-electron chi connectivity index (χ0n) is 11.1. The minimum Gasteiger partial charge on any atom is -0.497 e. The smallest absolute Gasteiger partial charge is 0.123 e. The van der Waals surface area contributed by atoms with E-state index in [-0.39, 0.29) is 0 Å². The molecule has 0 aliphatic heterocycles. The lowest BCUT2D eigenvalue weighted by Crippen LogP contribution is -1.96. The molecule has 1 aliphatic rings. The third kappa shape index (κ3) is 3.08. The average molecular weight is 254 g/mol. The lowest BCUT2D eigenvalue weighted by Gasteiger charge is -2.10. The Balaban J connectivity index is 1.74. The zero-order chi connectivity index (χ0) is 13.1. The highest BCUT2D eigenvalue weighted by molar-refractivity contribution is 5.41. The van der Waals surface area contributed by atoms with E-state index >= 15 is 0 Å². The molecule has 1 fully saturated rings. The monoisotopic (exact) mass is 254 g/mol. The number of benzene rings is 2. The van der Waals surface area contributed by atoms with E-state index in [1.54, 1.807) is 7.11 Å². The van der Waals surface area contributed by atoms with E-state index < -0.39 is 0 Å². The summed E-state index contributed by atoms with van der Waals surface area (Å²) in [5, 5.41) is 0. The maximum atomic E-state index is 5.87.